The highest BCUT2D eigenvalue weighted by molar-refractivity contribution is 6.32. The first-order chi connectivity index (χ1) is 14.0. The Balaban J connectivity index is 2.15. The summed E-state index contributed by atoms with van der Waals surface area (Å²) >= 11 is 6.08. The van der Waals surface area contributed by atoms with Crippen LogP contribution < -0.4 is 14.8 Å². The number of rotatable bonds is 10. The fourth-order valence-electron chi connectivity index (χ4n) is 2.61. The van der Waals surface area contributed by atoms with Crippen LogP contribution in [0.1, 0.15) is 12.5 Å². The highest BCUT2D eigenvalue weighted by atomic mass is 35.5. The van der Waals surface area contributed by atoms with E-state index in [1.54, 1.807) is 56.5 Å². The lowest BCUT2D eigenvalue weighted by atomic mass is 10.1. The van der Waals surface area contributed by atoms with Gasteiger partial charge in [0.15, 0.2) is 6.61 Å². The number of para-hydroxylation sites is 1. The van der Waals surface area contributed by atoms with E-state index < -0.39 is 6.04 Å². The standard InChI is InChI=1S/C22H25ClN2O4/c1-4-13-24-22(27)16(2)25(14-17-9-11-18(28-3)12-10-17)21(26)15-29-20-8-6-5-7-19(20)23/h4-12,16H,1,13-15H2,2-3H3,(H,24,27)/t16-/m1/s1. The van der Waals surface area contributed by atoms with E-state index in [4.69, 9.17) is 21.1 Å². The van der Waals surface area contributed by atoms with E-state index in [2.05, 4.69) is 11.9 Å². The molecular weight excluding hydrogens is 392 g/mol. The van der Waals surface area contributed by atoms with Crippen LogP contribution >= 0.6 is 11.6 Å². The Hall–Kier alpha value is -2.99. The number of amides is 2. The first-order valence-electron chi connectivity index (χ1n) is 9.14. The van der Waals surface area contributed by atoms with Gasteiger partial charge in [-0.15, -0.1) is 6.58 Å². The van der Waals surface area contributed by atoms with E-state index in [9.17, 15) is 9.59 Å². The molecule has 0 unspecified atom stereocenters. The van der Waals surface area contributed by atoms with Gasteiger partial charge in [0.25, 0.3) is 5.91 Å². The summed E-state index contributed by atoms with van der Waals surface area (Å²) in [4.78, 5) is 26.8. The normalized spacial score (nSPS) is 11.3. The van der Waals surface area contributed by atoms with Crippen LogP contribution in [0.15, 0.2) is 61.2 Å². The Morgan fingerprint density at radius 2 is 1.90 bits per heavy atom. The molecule has 1 atom stereocenters. The molecule has 0 aliphatic carbocycles. The van der Waals surface area contributed by atoms with Crippen LogP contribution in [0.5, 0.6) is 11.5 Å². The van der Waals surface area contributed by atoms with Gasteiger partial charge in [-0.3, -0.25) is 9.59 Å². The van der Waals surface area contributed by atoms with Crippen molar-refractivity contribution in [3.8, 4) is 11.5 Å². The Labute approximate surface area is 176 Å². The molecule has 1 N–H and O–H groups in total. The molecule has 0 fully saturated rings. The highest BCUT2D eigenvalue weighted by Crippen LogP contribution is 2.23. The summed E-state index contributed by atoms with van der Waals surface area (Å²) in [7, 11) is 1.59. The molecule has 7 heteroatoms. The molecule has 2 aromatic rings. The number of benzene rings is 2. The van der Waals surface area contributed by atoms with Crippen molar-refractivity contribution in [2.45, 2.75) is 19.5 Å². The topological polar surface area (TPSA) is 67.9 Å². The van der Waals surface area contributed by atoms with Crippen molar-refractivity contribution < 1.29 is 19.1 Å². The van der Waals surface area contributed by atoms with Gasteiger partial charge in [0.2, 0.25) is 5.91 Å². The van der Waals surface area contributed by atoms with Gasteiger partial charge in [-0.05, 0) is 36.8 Å². The summed E-state index contributed by atoms with van der Waals surface area (Å²) in [6.07, 6.45) is 1.58. The number of hydrogen-bond acceptors (Lipinski definition) is 4. The second-order valence-electron chi connectivity index (χ2n) is 6.30. The Morgan fingerprint density at radius 1 is 1.21 bits per heavy atom. The predicted octanol–water partition coefficient (Wildman–Crippen LogP) is 3.45. The van der Waals surface area contributed by atoms with Crippen molar-refractivity contribution in [3.63, 3.8) is 0 Å². The third kappa shape index (κ3) is 6.54. The van der Waals surface area contributed by atoms with Crippen LogP contribution in [0.2, 0.25) is 5.02 Å². The number of hydrogen-bond donors (Lipinski definition) is 1. The molecule has 29 heavy (non-hydrogen) atoms. The monoisotopic (exact) mass is 416 g/mol. The quantitative estimate of drug-likeness (QED) is 0.602. The second-order valence-corrected chi connectivity index (χ2v) is 6.71. The van der Waals surface area contributed by atoms with E-state index in [-0.39, 0.29) is 25.0 Å². The zero-order valence-corrected chi connectivity index (χ0v) is 17.3. The van der Waals surface area contributed by atoms with Crippen LogP contribution in [-0.4, -0.2) is 43.0 Å². The minimum Gasteiger partial charge on any atom is -0.497 e. The van der Waals surface area contributed by atoms with Crippen LogP contribution in [0, 0.1) is 0 Å². The van der Waals surface area contributed by atoms with E-state index in [0.717, 1.165) is 5.56 Å². The zero-order valence-electron chi connectivity index (χ0n) is 16.6. The zero-order chi connectivity index (χ0) is 21.2. The van der Waals surface area contributed by atoms with Gasteiger partial charge in [-0.25, -0.2) is 0 Å². The lowest BCUT2D eigenvalue weighted by Crippen LogP contribution is -2.49. The summed E-state index contributed by atoms with van der Waals surface area (Å²) in [5.74, 6) is 0.521. The maximum absolute atomic E-state index is 12.9. The Kier molecular flexibility index (Phi) is 8.55. The summed E-state index contributed by atoms with van der Waals surface area (Å²) in [6, 6.07) is 13.5. The molecule has 0 bridgehead atoms. The average Bonchev–Trinajstić information content (AvgIpc) is 2.75. The second kappa shape index (κ2) is 11.1. The maximum Gasteiger partial charge on any atom is 0.261 e. The molecule has 0 saturated heterocycles. The number of nitrogens with zero attached hydrogens (tertiary/aromatic N) is 1. The SMILES string of the molecule is C=CCNC(=O)[C@@H](C)N(Cc1ccc(OC)cc1)C(=O)COc1ccccc1Cl. The number of halogens is 1. The molecule has 0 aromatic heterocycles. The summed E-state index contributed by atoms with van der Waals surface area (Å²) in [5, 5.41) is 3.14. The third-order valence-corrected chi connectivity index (χ3v) is 4.60. The minimum absolute atomic E-state index is 0.237. The number of methoxy groups -OCH3 is 1. The molecule has 0 aliphatic heterocycles. The maximum atomic E-state index is 12.9. The fraction of sp³-hybridized carbons (Fsp3) is 0.273. The van der Waals surface area contributed by atoms with Gasteiger partial charge >= 0.3 is 0 Å². The molecule has 0 spiro atoms. The Bertz CT molecular complexity index is 839. The molecule has 0 saturated carbocycles. The van der Waals surface area contributed by atoms with Gasteiger partial charge in [0.05, 0.1) is 12.1 Å². The molecule has 154 valence electrons. The lowest BCUT2D eigenvalue weighted by molar-refractivity contribution is -0.142. The van der Waals surface area contributed by atoms with Gasteiger partial charge < -0.3 is 19.7 Å². The van der Waals surface area contributed by atoms with Gasteiger partial charge in [-0.1, -0.05) is 41.9 Å². The van der Waals surface area contributed by atoms with E-state index in [0.29, 0.717) is 23.1 Å². The Morgan fingerprint density at radius 3 is 2.52 bits per heavy atom. The first-order valence-corrected chi connectivity index (χ1v) is 9.52. The van der Waals surface area contributed by atoms with Crippen molar-refractivity contribution in [1.82, 2.24) is 10.2 Å². The van der Waals surface area contributed by atoms with E-state index in [1.807, 2.05) is 12.1 Å². The fourth-order valence-corrected chi connectivity index (χ4v) is 2.81. The number of nitrogens with one attached hydrogen (secondary N) is 1. The minimum atomic E-state index is -0.695. The molecular formula is C22H25ClN2O4. The first kappa shape index (κ1) is 22.3. The van der Waals surface area contributed by atoms with Crippen LogP contribution in [0.4, 0.5) is 0 Å². The van der Waals surface area contributed by atoms with E-state index >= 15 is 0 Å². The molecule has 0 heterocycles. The molecule has 2 amide bonds. The van der Waals surface area contributed by atoms with E-state index in [1.165, 1.54) is 4.90 Å². The van der Waals surface area contributed by atoms with Crippen molar-refractivity contribution in [2.24, 2.45) is 0 Å². The van der Waals surface area contributed by atoms with Gasteiger partial charge in [0, 0.05) is 13.1 Å². The van der Waals surface area contributed by atoms with Crippen molar-refractivity contribution in [3.05, 3.63) is 71.8 Å². The molecule has 2 rings (SSSR count). The van der Waals surface area contributed by atoms with Crippen molar-refractivity contribution in [2.75, 3.05) is 20.3 Å². The molecule has 2 aromatic carbocycles. The van der Waals surface area contributed by atoms with Crippen LogP contribution in [0.3, 0.4) is 0 Å². The smallest absolute Gasteiger partial charge is 0.261 e. The van der Waals surface area contributed by atoms with Crippen molar-refractivity contribution >= 4 is 23.4 Å². The summed E-state index contributed by atoms with van der Waals surface area (Å²) < 4.78 is 10.7. The van der Waals surface area contributed by atoms with Crippen LogP contribution in [0.25, 0.3) is 0 Å². The predicted molar refractivity (Wildman–Crippen MR) is 113 cm³/mol. The summed E-state index contributed by atoms with van der Waals surface area (Å²) in [6.45, 7) is 5.60. The molecule has 0 radical (unpaired) electrons. The van der Waals surface area contributed by atoms with Crippen molar-refractivity contribution in [1.29, 1.82) is 0 Å². The number of carbonyl (C=O) groups is 2. The average molecular weight is 417 g/mol. The van der Waals surface area contributed by atoms with Gasteiger partial charge in [-0.2, -0.15) is 0 Å². The largest absolute Gasteiger partial charge is 0.497 e. The lowest BCUT2D eigenvalue weighted by Gasteiger charge is -2.28. The molecule has 0 aliphatic rings. The highest BCUT2D eigenvalue weighted by Gasteiger charge is 2.26. The summed E-state index contributed by atoms with van der Waals surface area (Å²) in [5.41, 5.74) is 0.861. The van der Waals surface area contributed by atoms with Crippen LogP contribution in [-0.2, 0) is 16.1 Å². The third-order valence-electron chi connectivity index (χ3n) is 4.29. The number of ether oxygens (including phenoxy) is 2. The number of carbonyl (C=O) groups excluding carboxylic acids is 2. The van der Waals surface area contributed by atoms with Gasteiger partial charge in [0.1, 0.15) is 17.5 Å². The molecule has 6 nitrogen and oxygen atoms in total.